The summed E-state index contributed by atoms with van der Waals surface area (Å²) in [5.74, 6) is 0.644. The van der Waals surface area contributed by atoms with Gasteiger partial charge in [-0.25, -0.2) is 4.98 Å². The molecule has 0 fully saturated rings. The van der Waals surface area contributed by atoms with Gasteiger partial charge in [-0.3, -0.25) is 4.79 Å². The maximum absolute atomic E-state index is 10.6. The lowest BCUT2D eigenvalue weighted by atomic mass is 10.1. The quantitative estimate of drug-likeness (QED) is 0.705. The summed E-state index contributed by atoms with van der Waals surface area (Å²) < 4.78 is 0. The van der Waals surface area contributed by atoms with Crippen molar-refractivity contribution in [1.29, 1.82) is 0 Å². The molecule has 1 aromatic heterocycles. The predicted molar refractivity (Wildman–Crippen MR) is 53.0 cm³/mol. The third-order valence-corrected chi connectivity index (χ3v) is 1.46. The molecule has 0 spiro atoms. The molecule has 0 amide bonds. The van der Waals surface area contributed by atoms with E-state index < -0.39 is 0 Å². The van der Waals surface area contributed by atoms with Crippen LogP contribution in [0.3, 0.4) is 0 Å². The van der Waals surface area contributed by atoms with Gasteiger partial charge in [-0.2, -0.15) is 0 Å². The molecule has 13 heavy (non-hydrogen) atoms. The number of carbonyl (C=O) groups is 1. The van der Waals surface area contributed by atoms with E-state index in [1.54, 1.807) is 18.3 Å². The van der Waals surface area contributed by atoms with Gasteiger partial charge in [0.25, 0.3) is 0 Å². The Kier molecular flexibility index (Phi) is 2.66. The van der Waals surface area contributed by atoms with E-state index in [9.17, 15) is 4.79 Å². The first-order valence-electron chi connectivity index (χ1n) is 4.21. The highest BCUT2D eigenvalue weighted by Gasteiger charge is 2.12. The Morgan fingerprint density at radius 1 is 1.46 bits per heavy atom. The zero-order valence-electron chi connectivity index (χ0n) is 8.16. The number of pyridine rings is 1. The van der Waals surface area contributed by atoms with E-state index in [0.717, 1.165) is 6.29 Å². The summed E-state index contributed by atoms with van der Waals surface area (Å²) in [5, 5.41) is 3.16. The molecule has 70 valence electrons. The van der Waals surface area contributed by atoms with Gasteiger partial charge in [0.05, 0.1) is 5.56 Å². The van der Waals surface area contributed by atoms with Gasteiger partial charge in [0.15, 0.2) is 6.29 Å². The number of aromatic nitrogens is 1. The Morgan fingerprint density at radius 3 is 2.69 bits per heavy atom. The number of hydrogen-bond donors (Lipinski definition) is 1. The first kappa shape index (κ1) is 9.71. The van der Waals surface area contributed by atoms with Crippen LogP contribution in [0.1, 0.15) is 31.1 Å². The average Bonchev–Trinajstić information content (AvgIpc) is 2.02. The molecule has 0 radical (unpaired) electrons. The molecule has 0 bridgehead atoms. The van der Waals surface area contributed by atoms with Crippen LogP contribution in [0.5, 0.6) is 0 Å². The monoisotopic (exact) mass is 178 g/mol. The molecule has 0 aliphatic carbocycles. The van der Waals surface area contributed by atoms with Crippen molar-refractivity contribution < 1.29 is 4.79 Å². The Bertz CT molecular complexity index is 302. The lowest BCUT2D eigenvalue weighted by molar-refractivity contribution is 0.112. The number of aldehydes is 1. The lowest BCUT2D eigenvalue weighted by Crippen LogP contribution is -2.27. The van der Waals surface area contributed by atoms with Crippen molar-refractivity contribution in [3.8, 4) is 0 Å². The molecule has 0 saturated heterocycles. The average molecular weight is 178 g/mol. The van der Waals surface area contributed by atoms with Crippen LogP contribution in [-0.2, 0) is 0 Å². The number of hydrogen-bond acceptors (Lipinski definition) is 3. The van der Waals surface area contributed by atoms with Gasteiger partial charge >= 0.3 is 0 Å². The topological polar surface area (TPSA) is 42.0 Å². The van der Waals surface area contributed by atoms with Crippen molar-refractivity contribution in [3.63, 3.8) is 0 Å². The highest BCUT2D eigenvalue weighted by molar-refractivity contribution is 5.82. The normalized spacial score (nSPS) is 11.0. The van der Waals surface area contributed by atoms with E-state index in [1.807, 2.05) is 20.8 Å². The van der Waals surface area contributed by atoms with Crippen molar-refractivity contribution >= 4 is 12.1 Å². The fraction of sp³-hybridized carbons (Fsp3) is 0.400. The zero-order valence-corrected chi connectivity index (χ0v) is 8.16. The minimum Gasteiger partial charge on any atom is -0.365 e. The molecule has 0 aromatic carbocycles. The van der Waals surface area contributed by atoms with E-state index in [4.69, 9.17) is 0 Å². The molecule has 0 aliphatic heterocycles. The maximum Gasteiger partial charge on any atom is 0.153 e. The molecule has 1 rings (SSSR count). The second-order valence-corrected chi connectivity index (χ2v) is 3.93. The Hall–Kier alpha value is -1.38. The van der Waals surface area contributed by atoms with Crippen LogP contribution >= 0.6 is 0 Å². The summed E-state index contributed by atoms with van der Waals surface area (Å²) in [7, 11) is 0. The Balaban J connectivity index is 2.94. The fourth-order valence-electron chi connectivity index (χ4n) is 0.972. The number of carbonyl (C=O) groups excluding carboxylic acids is 1. The summed E-state index contributed by atoms with van der Waals surface area (Å²) in [6, 6.07) is 3.49. The van der Waals surface area contributed by atoms with Crippen LogP contribution in [0, 0.1) is 0 Å². The first-order chi connectivity index (χ1) is 6.03. The molecule has 1 aromatic rings. The van der Waals surface area contributed by atoms with Gasteiger partial charge < -0.3 is 5.32 Å². The third-order valence-electron chi connectivity index (χ3n) is 1.46. The largest absolute Gasteiger partial charge is 0.365 e. The molecule has 0 saturated carbocycles. The first-order valence-corrected chi connectivity index (χ1v) is 4.21. The molecular weight excluding hydrogens is 164 g/mol. The Labute approximate surface area is 78.2 Å². The fourth-order valence-corrected chi connectivity index (χ4v) is 0.972. The molecule has 1 N–H and O–H groups in total. The van der Waals surface area contributed by atoms with Crippen LogP contribution in [-0.4, -0.2) is 16.8 Å². The van der Waals surface area contributed by atoms with Gasteiger partial charge in [-0.05, 0) is 32.9 Å². The van der Waals surface area contributed by atoms with Crippen molar-refractivity contribution in [3.05, 3.63) is 23.9 Å². The third kappa shape index (κ3) is 2.86. The van der Waals surface area contributed by atoms with Crippen LogP contribution in [0.25, 0.3) is 0 Å². The molecule has 1 heterocycles. The summed E-state index contributed by atoms with van der Waals surface area (Å²) in [5.41, 5.74) is 0.518. The number of anilines is 1. The van der Waals surface area contributed by atoms with E-state index in [1.165, 1.54) is 0 Å². The van der Waals surface area contributed by atoms with Gasteiger partial charge in [0.2, 0.25) is 0 Å². The van der Waals surface area contributed by atoms with Crippen LogP contribution in [0.2, 0.25) is 0 Å². The summed E-state index contributed by atoms with van der Waals surface area (Å²) in [6.07, 6.45) is 2.47. The van der Waals surface area contributed by atoms with E-state index >= 15 is 0 Å². The van der Waals surface area contributed by atoms with Crippen LogP contribution in [0.4, 0.5) is 5.82 Å². The maximum atomic E-state index is 10.6. The smallest absolute Gasteiger partial charge is 0.153 e. The van der Waals surface area contributed by atoms with Crippen molar-refractivity contribution in [1.82, 2.24) is 4.98 Å². The van der Waals surface area contributed by atoms with E-state index in [0.29, 0.717) is 11.4 Å². The number of nitrogens with one attached hydrogen (secondary N) is 1. The van der Waals surface area contributed by atoms with Crippen LogP contribution in [0.15, 0.2) is 18.3 Å². The van der Waals surface area contributed by atoms with Crippen molar-refractivity contribution in [2.24, 2.45) is 0 Å². The Morgan fingerprint density at radius 2 is 2.15 bits per heavy atom. The SMILES string of the molecule is CC(C)(C)Nc1ncccc1C=O. The number of nitrogens with zero attached hydrogens (tertiary/aromatic N) is 1. The molecule has 0 atom stereocenters. The molecule has 0 unspecified atom stereocenters. The summed E-state index contributed by atoms with van der Waals surface area (Å²) >= 11 is 0. The van der Waals surface area contributed by atoms with E-state index in [2.05, 4.69) is 10.3 Å². The highest BCUT2D eigenvalue weighted by atomic mass is 16.1. The summed E-state index contributed by atoms with van der Waals surface area (Å²) in [4.78, 5) is 14.7. The van der Waals surface area contributed by atoms with Crippen molar-refractivity contribution in [2.45, 2.75) is 26.3 Å². The summed E-state index contributed by atoms with van der Waals surface area (Å²) in [6.45, 7) is 6.07. The predicted octanol–water partition coefficient (Wildman–Crippen LogP) is 2.10. The molecule has 0 aliphatic rings. The van der Waals surface area contributed by atoms with Gasteiger partial charge in [0, 0.05) is 11.7 Å². The van der Waals surface area contributed by atoms with E-state index in [-0.39, 0.29) is 5.54 Å². The van der Waals surface area contributed by atoms with Gasteiger partial charge in [-0.15, -0.1) is 0 Å². The molecular formula is C10H14N2O. The highest BCUT2D eigenvalue weighted by Crippen LogP contribution is 2.14. The number of rotatable bonds is 2. The standard InChI is InChI=1S/C10H14N2O/c1-10(2,3)12-9-8(7-13)5-4-6-11-9/h4-7H,1-3H3,(H,11,12). The van der Waals surface area contributed by atoms with Crippen molar-refractivity contribution in [2.75, 3.05) is 5.32 Å². The second kappa shape index (κ2) is 3.56. The van der Waals surface area contributed by atoms with Gasteiger partial charge in [-0.1, -0.05) is 0 Å². The zero-order chi connectivity index (χ0) is 9.90. The second-order valence-electron chi connectivity index (χ2n) is 3.93. The minimum absolute atomic E-state index is 0.0773. The van der Waals surface area contributed by atoms with Gasteiger partial charge in [0.1, 0.15) is 5.82 Å². The van der Waals surface area contributed by atoms with Crippen LogP contribution < -0.4 is 5.32 Å². The molecule has 3 nitrogen and oxygen atoms in total. The lowest BCUT2D eigenvalue weighted by Gasteiger charge is -2.21. The molecule has 3 heteroatoms. The minimum atomic E-state index is -0.0773.